The molecular weight excluding hydrogens is 316 g/mol. The second-order valence-electron chi connectivity index (χ2n) is 3.41. The summed E-state index contributed by atoms with van der Waals surface area (Å²) in [6, 6.07) is 5.39. The summed E-state index contributed by atoms with van der Waals surface area (Å²) in [6.45, 7) is 0. The third kappa shape index (κ3) is 2.23. The lowest BCUT2D eigenvalue weighted by atomic mass is 10.2. The molecule has 1 aromatic carbocycles. The van der Waals surface area contributed by atoms with Gasteiger partial charge in [0.1, 0.15) is 4.60 Å². The Labute approximate surface area is 106 Å². The van der Waals surface area contributed by atoms with E-state index in [0.29, 0.717) is 10.2 Å². The SMILES string of the molecule is Cn1nc(Br)c2cccc(CS(=O)(=O)Cl)c21. The molecule has 0 fully saturated rings. The molecule has 0 aliphatic carbocycles. The first-order valence-electron chi connectivity index (χ1n) is 4.41. The number of benzene rings is 1. The molecule has 0 N–H and O–H groups in total. The van der Waals surface area contributed by atoms with E-state index in [-0.39, 0.29) is 5.75 Å². The lowest BCUT2D eigenvalue weighted by molar-refractivity contribution is 0.609. The van der Waals surface area contributed by atoms with E-state index in [0.717, 1.165) is 10.9 Å². The smallest absolute Gasteiger partial charge is 0.236 e. The van der Waals surface area contributed by atoms with Crippen molar-refractivity contribution in [3.05, 3.63) is 28.4 Å². The van der Waals surface area contributed by atoms with Crippen LogP contribution < -0.4 is 0 Å². The van der Waals surface area contributed by atoms with Gasteiger partial charge >= 0.3 is 0 Å². The summed E-state index contributed by atoms with van der Waals surface area (Å²) < 4.78 is 24.5. The Balaban J connectivity index is 2.71. The van der Waals surface area contributed by atoms with Gasteiger partial charge in [-0.15, -0.1) is 0 Å². The molecule has 0 spiro atoms. The van der Waals surface area contributed by atoms with Gasteiger partial charge in [-0.2, -0.15) is 5.10 Å². The van der Waals surface area contributed by atoms with Crippen molar-refractivity contribution in [3.63, 3.8) is 0 Å². The van der Waals surface area contributed by atoms with Gasteiger partial charge in [0.2, 0.25) is 9.05 Å². The van der Waals surface area contributed by atoms with E-state index < -0.39 is 9.05 Å². The monoisotopic (exact) mass is 322 g/mol. The molecule has 16 heavy (non-hydrogen) atoms. The van der Waals surface area contributed by atoms with Crippen LogP contribution in [-0.2, 0) is 21.9 Å². The number of nitrogens with zero attached hydrogens (tertiary/aromatic N) is 2. The zero-order chi connectivity index (χ0) is 11.9. The predicted octanol–water partition coefficient (Wildman–Crippen LogP) is 2.40. The Morgan fingerprint density at radius 1 is 1.50 bits per heavy atom. The second-order valence-corrected chi connectivity index (χ2v) is 6.94. The molecule has 2 aromatic rings. The zero-order valence-corrected chi connectivity index (χ0v) is 11.5. The van der Waals surface area contributed by atoms with Crippen molar-refractivity contribution >= 4 is 46.6 Å². The number of aryl methyl sites for hydroxylation is 1. The lowest BCUT2D eigenvalue weighted by Gasteiger charge is -2.02. The van der Waals surface area contributed by atoms with Crippen molar-refractivity contribution in [3.8, 4) is 0 Å². The Morgan fingerprint density at radius 3 is 2.81 bits per heavy atom. The first-order valence-corrected chi connectivity index (χ1v) is 7.68. The van der Waals surface area contributed by atoms with E-state index in [2.05, 4.69) is 21.0 Å². The Bertz CT molecular complexity index is 651. The van der Waals surface area contributed by atoms with E-state index >= 15 is 0 Å². The van der Waals surface area contributed by atoms with Crippen LogP contribution in [0.1, 0.15) is 5.56 Å². The number of aromatic nitrogens is 2. The molecule has 7 heteroatoms. The van der Waals surface area contributed by atoms with Gasteiger partial charge in [-0.3, -0.25) is 4.68 Å². The summed E-state index contributed by atoms with van der Waals surface area (Å²) in [7, 11) is 3.46. The maximum atomic E-state index is 11.1. The average molecular weight is 324 g/mol. The molecule has 0 aliphatic rings. The van der Waals surface area contributed by atoms with Crippen molar-refractivity contribution in [2.24, 2.45) is 7.05 Å². The molecule has 0 saturated carbocycles. The minimum Gasteiger partial charge on any atom is -0.266 e. The van der Waals surface area contributed by atoms with E-state index in [1.54, 1.807) is 23.9 Å². The zero-order valence-electron chi connectivity index (χ0n) is 8.31. The Kier molecular flexibility index (Phi) is 2.98. The van der Waals surface area contributed by atoms with E-state index in [9.17, 15) is 8.42 Å². The molecule has 0 unspecified atom stereocenters. The largest absolute Gasteiger partial charge is 0.266 e. The number of rotatable bonds is 2. The first-order chi connectivity index (χ1) is 7.38. The van der Waals surface area contributed by atoms with Gasteiger partial charge in [0.15, 0.2) is 0 Å². The number of fused-ring (bicyclic) bond motifs is 1. The molecule has 0 aliphatic heterocycles. The van der Waals surface area contributed by atoms with Crippen molar-refractivity contribution in [1.29, 1.82) is 0 Å². The maximum Gasteiger partial charge on any atom is 0.236 e. The fourth-order valence-electron chi connectivity index (χ4n) is 1.68. The number of hydrogen-bond donors (Lipinski definition) is 0. The second kappa shape index (κ2) is 4.01. The highest BCUT2D eigenvalue weighted by Crippen LogP contribution is 2.27. The lowest BCUT2D eigenvalue weighted by Crippen LogP contribution is -1.99. The van der Waals surface area contributed by atoms with E-state index in [1.807, 2.05) is 6.07 Å². The van der Waals surface area contributed by atoms with Gasteiger partial charge in [0.25, 0.3) is 0 Å². The van der Waals surface area contributed by atoms with Gasteiger partial charge in [0.05, 0.1) is 11.3 Å². The minimum absolute atomic E-state index is 0.197. The minimum atomic E-state index is -3.56. The fraction of sp³-hybridized carbons (Fsp3) is 0.222. The summed E-state index contributed by atoms with van der Waals surface area (Å²) >= 11 is 3.32. The Hall–Kier alpha value is -0.590. The number of halogens is 2. The van der Waals surface area contributed by atoms with Crippen molar-refractivity contribution in [2.45, 2.75) is 5.75 Å². The Morgan fingerprint density at radius 2 is 2.19 bits per heavy atom. The summed E-state index contributed by atoms with van der Waals surface area (Å²) in [5.74, 6) is -0.197. The molecule has 0 radical (unpaired) electrons. The summed E-state index contributed by atoms with van der Waals surface area (Å²) in [4.78, 5) is 0. The normalized spacial score (nSPS) is 12.2. The van der Waals surface area contributed by atoms with Crippen LogP contribution in [0.3, 0.4) is 0 Å². The standard InChI is InChI=1S/C9H8BrClN2O2S/c1-13-8-6(5-16(11,14)15)3-2-4-7(8)9(10)12-13/h2-4H,5H2,1H3. The fourth-order valence-corrected chi connectivity index (χ4v) is 3.19. The average Bonchev–Trinajstić information content (AvgIpc) is 2.41. The highest BCUT2D eigenvalue weighted by molar-refractivity contribution is 9.10. The molecule has 86 valence electrons. The van der Waals surface area contributed by atoms with Crippen LogP contribution in [0.5, 0.6) is 0 Å². The van der Waals surface area contributed by atoms with E-state index in [4.69, 9.17) is 10.7 Å². The van der Waals surface area contributed by atoms with Crippen molar-refractivity contribution in [1.82, 2.24) is 9.78 Å². The quantitative estimate of drug-likeness (QED) is 0.798. The van der Waals surface area contributed by atoms with Crippen molar-refractivity contribution in [2.75, 3.05) is 0 Å². The highest BCUT2D eigenvalue weighted by atomic mass is 79.9. The summed E-state index contributed by atoms with van der Waals surface area (Å²) in [5.41, 5.74) is 1.42. The molecule has 0 atom stereocenters. The third-order valence-corrected chi connectivity index (χ3v) is 3.80. The highest BCUT2D eigenvalue weighted by Gasteiger charge is 2.14. The molecule has 1 heterocycles. The van der Waals surface area contributed by atoms with Gasteiger partial charge < -0.3 is 0 Å². The van der Waals surface area contributed by atoms with Crippen LogP contribution in [0.15, 0.2) is 22.8 Å². The molecule has 0 bridgehead atoms. The molecule has 0 saturated heterocycles. The molecule has 4 nitrogen and oxygen atoms in total. The summed E-state index contributed by atoms with van der Waals surface area (Å²) in [5, 5.41) is 5.05. The van der Waals surface area contributed by atoms with Gasteiger partial charge in [-0.25, -0.2) is 8.42 Å². The van der Waals surface area contributed by atoms with Crippen LogP contribution in [-0.4, -0.2) is 18.2 Å². The number of para-hydroxylation sites is 1. The number of hydrogen-bond acceptors (Lipinski definition) is 3. The van der Waals surface area contributed by atoms with Crippen LogP contribution in [0.4, 0.5) is 0 Å². The molecule has 1 aromatic heterocycles. The van der Waals surface area contributed by atoms with E-state index in [1.165, 1.54) is 0 Å². The van der Waals surface area contributed by atoms with Crippen LogP contribution in [0.2, 0.25) is 0 Å². The molecule has 2 rings (SSSR count). The predicted molar refractivity (Wildman–Crippen MR) is 66.9 cm³/mol. The topological polar surface area (TPSA) is 52.0 Å². The van der Waals surface area contributed by atoms with Gasteiger partial charge in [0, 0.05) is 23.1 Å². The molecule has 0 amide bonds. The van der Waals surface area contributed by atoms with Crippen molar-refractivity contribution < 1.29 is 8.42 Å². The van der Waals surface area contributed by atoms with Gasteiger partial charge in [-0.1, -0.05) is 18.2 Å². The molecular formula is C9H8BrClN2O2S. The maximum absolute atomic E-state index is 11.1. The van der Waals surface area contributed by atoms with Crippen LogP contribution >= 0.6 is 26.6 Å². The first kappa shape index (κ1) is 11.9. The summed E-state index contributed by atoms with van der Waals surface area (Å²) in [6.07, 6.45) is 0. The van der Waals surface area contributed by atoms with Gasteiger partial charge in [-0.05, 0) is 21.5 Å². The third-order valence-electron chi connectivity index (χ3n) is 2.23. The van der Waals surface area contributed by atoms with Crippen LogP contribution in [0.25, 0.3) is 10.9 Å². The van der Waals surface area contributed by atoms with Crippen LogP contribution in [0, 0.1) is 0 Å².